The number of hydrogen-bond acceptors (Lipinski definition) is 5. The second-order valence-corrected chi connectivity index (χ2v) is 5.66. The molecule has 25 heavy (non-hydrogen) atoms. The fraction of sp³-hybridized carbons (Fsp3) is 0.222. The molecule has 7 nitrogen and oxygen atoms in total. The number of ketones is 1. The van der Waals surface area contributed by atoms with E-state index in [1.165, 1.54) is 18.2 Å². The highest BCUT2D eigenvalue weighted by molar-refractivity contribution is 5.98. The van der Waals surface area contributed by atoms with Gasteiger partial charge in [0.2, 0.25) is 0 Å². The van der Waals surface area contributed by atoms with Crippen molar-refractivity contribution in [3.05, 3.63) is 64.2 Å². The molecule has 2 aromatic carbocycles. The summed E-state index contributed by atoms with van der Waals surface area (Å²) in [5.41, 5.74) is 0.491. The maximum atomic E-state index is 12.0. The van der Waals surface area contributed by atoms with Gasteiger partial charge in [0.25, 0.3) is 5.91 Å². The van der Waals surface area contributed by atoms with E-state index in [0.717, 1.165) is 0 Å². The Morgan fingerprint density at radius 3 is 2.44 bits per heavy atom. The smallest absolute Gasteiger partial charge is 0.311 e. The Labute approximate surface area is 144 Å². The fourth-order valence-electron chi connectivity index (χ4n) is 2.13. The molecule has 0 radical (unpaired) electrons. The summed E-state index contributed by atoms with van der Waals surface area (Å²) in [5, 5.41) is 13.8. The summed E-state index contributed by atoms with van der Waals surface area (Å²) in [6.45, 7) is 3.05. The first kappa shape index (κ1) is 18.1. The van der Waals surface area contributed by atoms with E-state index in [2.05, 4.69) is 5.32 Å². The Kier molecular flexibility index (Phi) is 5.84. The lowest BCUT2D eigenvalue weighted by Crippen LogP contribution is -2.20. The number of hydrogen-bond donors (Lipinski definition) is 1. The second kappa shape index (κ2) is 8.05. The van der Waals surface area contributed by atoms with Crippen molar-refractivity contribution < 1.29 is 19.2 Å². The van der Waals surface area contributed by atoms with E-state index < -0.39 is 10.8 Å². The van der Waals surface area contributed by atoms with Crippen LogP contribution >= 0.6 is 0 Å². The highest BCUT2D eigenvalue weighted by Gasteiger charge is 2.20. The summed E-state index contributed by atoms with van der Waals surface area (Å²) in [7, 11) is 0. The predicted octanol–water partition coefficient (Wildman–Crippen LogP) is 3.45. The lowest BCUT2D eigenvalue weighted by Gasteiger charge is -2.09. The monoisotopic (exact) mass is 342 g/mol. The van der Waals surface area contributed by atoms with Crippen LogP contribution in [0.5, 0.6) is 5.75 Å². The Hall–Kier alpha value is -3.22. The first-order valence-electron chi connectivity index (χ1n) is 7.69. The van der Waals surface area contributed by atoms with Gasteiger partial charge in [0.1, 0.15) is 0 Å². The molecule has 0 unspecified atom stereocenters. The molecule has 0 atom stereocenters. The molecule has 2 aromatic rings. The van der Waals surface area contributed by atoms with Crippen molar-refractivity contribution in [3.8, 4) is 5.75 Å². The lowest BCUT2D eigenvalue weighted by atomic mass is 10.0. The van der Waals surface area contributed by atoms with Crippen molar-refractivity contribution >= 4 is 23.1 Å². The molecular weight excluding hydrogens is 324 g/mol. The summed E-state index contributed by atoms with van der Waals surface area (Å²) < 4.78 is 5.26. The third-order valence-electron chi connectivity index (χ3n) is 3.38. The molecule has 0 bridgehead atoms. The zero-order valence-corrected chi connectivity index (χ0v) is 13.9. The van der Waals surface area contributed by atoms with E-state index in [4.69, 9.17) is 4.74 Å². The third-order valence-corrected chi connectivity index (χ3v) is 3.38. The van der Waals surface area contributed by atoms with E-state index >= 15 is 0 Å². The fourth-order valence-corrected chi connectivity index (χ4v) is 2.13. The summed E-state index contributed by atoms with van der Waals surface area (Å²) >= 11 is 0. The average molecular weight is 342 g/mol. The van der Waals surface area contributed by atoms with Crippen molar-refractivity contribution in [1.82, 2.24) is 0 Å². The second-order valence-electron chi connectivity index (χ2n) is 5.66. The van der Waals surface area contributed by atoms with E-state index in [9.17, 15) is 19.7 Å². The van der Waals surface area contributed by atoms with Gasteiger partial charge in [-0.3, -0.25) is 19.7 Å². The number of benzene rings is 2. The van der Waals surface area contributed by atoms with Gasteiger partial charge < -0.3 is 10.1 Å². The molecule has 0 aromatic heterocycles. The lowest BCUT2D eigenvalue weighted by molar-refractivity contribution is -0.385. The van der Waals surface area contributed by atoms with Crippen LogP contribution in [0.15, 0.2) is 48.5 Å². The molecule has 0 aliphatic rings. The summed E-state index contributed by atoms with van der Waals surface area (Å²) in [4.78, 5) is 34.4. The van der Waals surface area contributed by atoms with Crippen LogP contribution in [-0.4, -0.2) is 23.2 Å². The summed E-state index contributed by atoms with van der Waals surface area (Å²) in [6, 6.07) is 12.8. The largest absolute Gasteiger partial charge is 0.477 e. The van der Waals surface area contributed by atoms with Crippen LogP contribution in [0.25, 0.3) is 0 Å². The number of carbonyl (C=O) groups excluding carboxylic acids is 2. The number of para-hydroxylation sites is 1. The van der Waals surface area contributed by atoms with E-state index in [0.29, 0.717) is 5.69 Å². The van der Waals surface area contributed by atoms with Gasteiger partial charge in [-0.05, 0) is 24.3 Å². The topological polar surface area (TPSA) is 98.5 Å². The Morgan fingerprint density at radius 2 is 1.84 bits per heavy atom. The number of anilines is 1. The standard InChI is InChI=1S/C18H18N2O5/c1-12(2)18(22)13-8-9-16(15(10-13)20(23)24)25-11-17(21)19-14-6-4-3-5-7-14/h3-10,12H,11H2,1-2H3,(H,19,21). The van der Waals surface area contributed by atoms with Crippen LogP contribution in [-0.2, 0) is 4.79 Å². The first-order chi connectivity index (χ1) is 11.9. The molecule has 0 saturated heterocycles. The number of nitrogens with one attached hydrogen (secondary N) is 1. The van der Waals surface area contributed by atoms with Gasteiger partial charge in [0, 0.05) is 23.2 Å². The Bertz CT molecular complexity index is 787. The Balaban J connectivity index is 2.09. The zero-order valence-electron chi connectivity index (χ0n) is 13.9. The SMILES string of the molecule is CC(C)C(=O)c1ccc(OCC(=O)Nc2ccccc2)c([N+](=O)[O-])c1. The molecule has 7 heteroatoms. The average Bonchev–Trinajstić information content (AvgIpc) is 2.59. The minimum atomic E-state index is -0.637. The van der Waals surface area contributed by atoms with Crippen molar-refractivity contribution in [2.24, 2.45) is 5.92 Å². The van der Waals surface area contributed by atoms with Gasteiger partial charge in [-0.25, -0.2) is 0 Å². The molecule has 2 rings (SSSR count). The minimum Gasteiger partial charge on any atom is -0.477 e. The Morgan fingerprint density at radius 1 is 1.16 bits per heavy atom. The number of ether oxygens (including phenoxy) is 1. The number of Topliss-reactive ketones (excluding diaryl/α,β-unsaturated/α-hetero) is 1. The van der Waals surface area contributed by atoms with E-state index in [-0.39, 0.29) is 35.3 Å². The van der Waals surface area contributed by atoms with Gasteiger partial charge in [-0.1, -0.05) is 32.0 Å². The van der Waals surface area contributed by atoms with Gasteiger partial charge in [0.05, 0.1) is 4.92 Å². The summed E-state index contributed by atoms with van der Waals surface area (Å²) in [5.74, 6) is -0.976. The maximum absolute atomic E-state index is 12.0. The van der Waals surface area contributed by atoms with Crippen LogP contribution < -0.4 is 10.1 Å². The van der Waals surface area contributed by atoms with Crippen molar-refractivity contribution in [1.29, 1.82) is 0 Å². The minimum absolute atomic E-state index is 0.0616. The predicted molar refractivity (Wildman–Crippen MR) is 92.8 cm³/mol. The molecule has 1 amide bonds. The van der Waals surface area contributed by atoms with Crippen LogP contribution in [0.1, 0.15) is 24.2 Å². The summed E-state index contributed by atoms with van der Waals surface area (Å²) in [6.07, 6.45) is 0. The normalized spacial score (nSPS) is 10.4. The number of nitrogens with zero attached hydrogens (tertiary/aromatic N) is 1. The molecule has 0 saturated carbocycles. The van der Waals surface area contributed by atoms with Crippen molar-refractivity contribution in [2.75, 3.05) is 11.9 Å². The van der Waals surface area contributed by atoms with E-state index in [1.807, 2.05) is 6.07 Å². The molecule has 1 N–H and O–H groups in total. The molecule has 0 spiro atoms. The number of amides is 1. The maximum Gasteiger partial charge on any atom is 0.311 e. The van der Waals surface area contributed by atoms with Crippen molar-refractivity contribution in [2.45, 2.75) is 13.8 Å². The molecule has 130 valence electrons. The van der Waals surface area contributed by atoms with Crippen molar-refractivity contribution in [3.63, 3.8) is 0 Å². The number of rotatable bonds is 7. The van der Waals surface area contributed by atoms with E-state index in [1.54, 1.807) is 38.1 Å². The number of nitro groups is 1. The van der Waals surface area contributed by atoms with Crippen LogP contribution in [0.3, 0.4) is 0 Å². The molecule has 0 aliphatic heterocycles. The molecular formula is C18H18N2O5. The van der Waals surface area contributed by atoms with Gasteiger partial charge in [-0.2, -0.15) is 0 Å². The van der Waals surface area contributed by atoms with Gasteiger partial charge in [-0.15, -0.1) is 0 Å². The van der Waals surface area contributed by atoms with Crippen LogP contribution in [0.2, 0.25) is 0 Å². The van der Waals surface area contributed by atoms with Crippen LogP contribution in [0, 0.1) is 16.0 Å². The third kappa shape index (κ3) is 4.87. The first-order valence-corrected chi connectivity index (χ1v) is 7.69. The highest BCUT2D eigenvalue weighted by atomic mass is 16.6. The van der Waals surface area contributed by atoms with Crippen LogP contribution in [0.4, 0.5) is 11.4 Å². The zero-order chi connectivity index (χ0) is 18.4. The molecule has 0 aliphatic carbocycles. The molecule has 0 heterocycles. The molecule has 0 fully saturated rings. The quantitative estimate of drug-likeness (QED) is 0.472. The number of carbonyl (C=O) groups is 2. The highest BCUT2D eigenvalue weighted by Crippen LogP contribution is 2.29. The van der Waals surface area contributed by atoms with Gasteiger partial charge >= 0.3 is 5.69 Å². The van der Waals surface area contributed by atoms with Gasteiger partial charge in [0.15, 0.2) is 18.1 Å². The number of nitro benzene ring substituents is 1.